The highest BCUT2D eigenvalue weighted by Crippen LogP contribution is 2.50. The summed E-state index contributed by atoms with van der Waals surface area (Å²) < 4.78 is 12.4. The molecule has 0 aromatic heterocycles. The predicted molar refractivity (Wildman–Crippen MR) is 175 cm³/mol. The Hall–Kier alpha value is -1.14. The van der Waals surface area contributed by atoms with Gasteiger partial charge in [0.15, 0.2) is 0 Å². The number of carbonyl (C=O) groups is 2. The van der Waals surface area contributed by atoms with Crippen LogP contribution in [0.4, 0.5) is 0 Å². The summed E-state index contributed by atoms with van der Waals surface area (Å²) in [5.74, 6) is 1.32. The van der Waals surface area contributed by atoms with E-state index in [2.05, 4.69) is 93.1 Å². The molecule has 0 unspecified atom stereocenters. The van der Waals surface area contributed by atoms with Crippen LogP contribution in [0.25, 0.3) is 0 Å². The summed E-state index contributed by atoms with van der Waals surface area (Å²) in [5.41, 5.74) is 0.209. The van der Waals surface area contributed by atoms with Crippen molar-refractivity contribution in [3.8, 4) is 0 Å². The molecule has 4 aliphatic rings. The summed E-state index contributed by atoms with van der Waals surface area (Å²) in [6.07, 6.45) is 12.0. The molecule has 43 heavy (non-hydrogen) atoms. The number of hydrogen-bond donors (Lipinski definition) is 0. The Morgan fingerprint density at radius 2 is 0.791 bits per heavy atom. The van der Waals surface area contributed by atoms with E-state index < -0.39 is 0 Å². The molecule has 4 rings (SSSR count). The van der Waals surface area contributed by atoms with Gasteiger partial charge in [-0.1, -0.05) is 13.8 Å². The van der Waals surface area contributed by atoms with Crippen LogP contribution in [0.2, 0.25) is 0 Å². The van der Waals surface area contributed by atoms with Crippen LogP contribution in [-0.2, 0) is 19.1 Å². The van der Waals surface area contributed by atoms with E-state index in [0.29, 0.717) is 11.8 Å². The van der Waals surface area contributed by atoms with Gasteiger partial charge in [-0.15, -0.1) is 0 Å². The zero-order chi connectivity index (χ0) is 32.2. The maximum Gasteiger partial charge on any atom is 0.309 e. The lowest BCUT2D eigenvalue weighted by Gasteiger charge is -2.53. The molecule has 2 heterocycles. The van der Waals surface area contributed by atoms with Gasteiger partial charge in [-0.05, 0) is 164 Å². The maximum absolute atomic E-state index is 13.3. The third-order valence-electron chi connectivity index (χ3n) is 13.3. The van der Waals surface area contributed by atoms with Crippen molar-refractivity contribution in [2.45, 2.75) is 181 Å². The highest BCUT2D eigenvalue weighted by atomic mass is 16.5. The second-order valence-corrected chi connectivity index (χ2v) is 18.2. The van der Waals surface area contributed by atoms with Crippen molar-refractivity contribution < 1.29 is 19.1 Å². The van der Waals surface area contributed by atoms with Crippen molar-refractivity contribution in [1.82, 2.24) is 9.80 Å². The summed E-state index contributed by atoms with van der Waals surface area (Å²) in [7, 11) is 4.36. The van der Waals surface area contributed by atoms with Gasteiger partial charge in [0.05, 0.1) is 11.8 Å². The van der Waals surface area contributed by atoms with E-state index in [9.17, 15) is 9.59 Å². The van der Waals surface area contributed by atoms with Crippen LogP contribution in [0.5, 0.6) is 0 Å². The van der Waals surface area contributed by atoms with Gasteiger partial charge in [-0.3, -0.25) is 19.4 Å². The molecule has 0 bridgehead atoms. The van der Waals surface area contributed by atoms with E-state index >= 15 is 0 Å². The molecule has 2 aliphatic heterocycles. The van der Waals surface area contributed by atoms with Crippen LogP contribution in [0.3, 0.4) is 0 Å². The standard InChI is InChI=1S/C37H66N2O4/c1-33(2)21-25(22-34(3,4)38(33)11)31(40)42-29-17-13-27(14-18-29)37(9,10)28-15-19-30(20-16-28)43-32(41)26-23-35(5,6)39(12)36(7,8)24-26/h25-30H,13-24H2,1-12H3. The first-order valence-electron chi connectivity index (χ1n) is 17.5. The average molecular weight is 603 g/mol. The zero-order valence-electron chi connectivity index (χ0n) is 30.0. The van der Waals surface area contributed by atoms with Gasteiger partial charge in [-0.25, -0.2) is 0 Å². The molecule has 248 valence electrons. The number of piperidine rings is 2. The number of likely N-dealkylation sites (tertiary alicyclic amines) is 2. The second kappa shape index (κ2) is 12.2. The highest BCUT2D eigenvalue weighted by molar-refractivity contribution is 5.73. The van der Waals surface area contributed by atoms with Gasteiger partial charge in [0.25, 0.3) is 0 Å². The van der Waals surface area contributed by atoms with Gasteiger partial charge >= 0.3 is 11.9 Å². The van der Waals surface area contributed by atoms with E-state index in [-0.39, 0.29) is 63.6 Å². The Bertz CT molecular complexity index is 884. The average Bonchev–Trinajstić information content (AvgIpc) is 2.90. The lowest BCUT2D eigenvalue weighted by atomic mass is 9.60. The third-order valence-corrected chi connectivity index (χ3v) is 13.3. The van der Waals surface area contributed by atoms with Crippen LogP contribution >= 0.6 is 0 Å². The largest absolute Gasteiger partial charge is 0.462 e. The van der Waals surface area contributed by atoms with Crippen molar-refractivity contribution in [3.63, 3.8) is 0 Å². The molecule has 2 saturated carbocycles. The zero-order valence-corrected chi connectivity index (χ0v) is 30.0. The Morgan fingerprint density at radius 3 is 1.05 bits per heavy atom. The smallest absolute Gasteiger partial charge is 0.309 e. The van der Waals surface area contributed by atoms with E-state index in [1.807, 2.05) is 0 Å². The molecular weight excluding hydrogens is 536 g/mol. The van der Waals surface area contributed by atoms with Gasteiger partial charge in [0, 0.05) is 22.2 Å². The van der Waals surface area contributed by atoms with Gasteiger partial charge in [0.1, 0.15) is 12.2 Å². The van der Waals surface area contributed by atoms with E-state index in [1.54, 1.807) is 0 Å². The minimum atomic E-state index is -0.0166. The Labute approximate surface area is 264 Å². The summed E-state index contributed by atoms with van der Waals surface area (Å²) in [5, 5.41) is 0. The molecule has 0 amide bonds. The van der Waals surface area contributed by atoms with Crippen LogP contribution in [0, 0.1) is 29.1 Å². The van der Waals surface area contributed by atoms with Gasteiger partial charge in [0.2, 0.25) is 0 Å². The Kier molecular flexibility index (Phi) is 9.88. The Balaban J connectivity index is 1.23. The van der Waals surface area contributed by atoms with Crippen molar-refractivity contribution >= 4 is 11.9 Å². The van der Waals surface area contributed by atoms with E-state index in [1.165, 1.54) is 0 Å². The Morgan fingerprint density at radius 1 is 0.535 bits per heavy atom. The number of nitrogens with zero attached hydrogens (tertiary/aromatic N) is 2. The SMILES string of the molecule is CN1C(C)(C)CC(C(=O)OC2CCC(C(C)(C)C3CCC(OC(=O)C4CC(C)(C)N(C)C(C)(C)C4)CC3)CC2)CC1(C)C. The minimum Gasteiger partial charge on any atom is -0.462 e. The van der Waals surface area contributed by atoms with Crippen molar-refractivity contribution in [1.29, 1.82) is 0 Å². The molecule has 0 spiro atoms. The molecule has 0 atom stereocenters. The molecule has 2 saturated heterocycles. The fourth-order valence-corrected chi connectivity index (χ4v) is 9.78. The first-order chi connectivity index (χ1) is 19.7. The lowest BCUT2D eigenvalue weighted by Crippen LogP contribution is -2.59. The number of rotatable bonds is 6. The van der Waals surface area contributed by atoms with Crippen LogP contribution in [-0.4, -0.2) is 70.2 Å². The highest BCUT2D eigenvalue weighted by Gasteiger charge is 2.48. The molecule has 0 N–H and O–H groups in total. The summed E-state index contributed by atoms with van der Waals surface area (Å²) in [6.45, 7) is 22.9. The number of ether oxygens (including phenoxy) is 2. The molecule has 0 aromatic carbocycles. The van der Waals surface area contributed by atoms with Crippen molar-refractivity contribution in [2.24, 2.45) is 29.1 Å². The van der Waals surface area contributed by atoms with Crippen molar-refractivity contribution in [2.75, 3.05) is 14.1 Å². The molecular formula is C37H66N2O4. The van der Waals surface area contributed by atoms with Crippen LogP contribution in [0.1, 0.15) is 146 Å². The summed E-state index contributed by atoms with van der Waals surface area (Å²) in [4.78, 5) is 31.4. The monoisotopic (exact) mass is 603 g/mol. The molecule has 2 aliphatic carbocycles. The normalized spacial score (nSPS) is 34.0. The number of esters is 2. The lowest BCUT2D eigenvalue weighted by molar-refractivity contribution is -0.164. The number of hydrogen-bond acceptors (Lipinski definition) is 6. The fourth-order valence-electron chi connectivity index (χ4n) is 9.78. The minimum absolute atomic E-state index is 0.00874. The molecule has 6 nitrogen and oxygen atoms in total. The summed E-state index contributed by atoms with van der Waals surface area (Å²) >= 11 is 0. The number of carbonyl (C=O) groups excluding carboxylic acids is 2. The van der Waals surface area contributed by atoms with Crippen LogP contribution < -0.4 is 0 Å². The first kappa shape index (κ1) is 34.7. The first-order valence-corrected chi connectivity index (χ1v) is 17.5. The molecule has 6 heteroatoms. The quantitative estimate of drug-likeness (QED) is 0.287. The fraction of sp³-hybridized carbons (Fsp3) is 0.946. The second-order valence-electron chi connectivity index (χ2n) is 18.2. The molecule has 0 aromatic rings. The van der Waals surface area contributed by atoms with Gasteiger partial charge < -0.3 is 9.47 Å². The van der Waals surface area contributed by atoms with Gasteiger partial charge in [-0.2, -0.15) is 0 Å². The third kappa shape index (κ3) is 7.47. The topological polar surface area (TPSA) is 59.1 Å². The van der Waals surface area contributed by atoms with E-state index in [0.717, 1.165) is 77.0 Å². The predicted octanol–water partition coefficient (Wildman–Crippen LogP) is 8.01. The molecule has 0 radical (unpaired) electrons. The van der Waals surface area contributed by atoms with E-state index in [4.69, 9.17) is 9.47 Å². The maximum atomic E-state index is 13.3. The molecule has 4 fully saturated rings. The summed E-state index contributed by atoms with van der Waals surface area (Å²) in [6, 6.07) is 0. The van der Waals surface area contributed by atoms with Crippen LogP contribution in [0.15, 0.2) is 0 Å². The van der Waals surface area contributed by atoms with Crippen molar-refractivity contribution in [3.05, 3.63) is 0 Å².